The number of benzene rings is 2. The normalized spacial score (nSPS) is 17.8. The van der Waals surface area contributed by atoms with Crippen molar-refractivity contribution in [3.63, 3.8) is 0 Å². The number of hydrogen-bond donors (Lipinski definition) is 1. The van der Waals surface area contributed by atoms with E-state index in [1.165, 1.54) is 0 Å². The molecule has 5 rings (SSSR count). The molecule has 1 aliphatic rings. The molecule has 0 amide bonds. The lowest BCUT2D eigenvalue weighted by molar-refractivity contribution is -0.0687. The van der Waals surface area contributed by atoms with Crippen molar-refractivity contribution in [2.45, 2.75) is 65.1 Å². The number of hydrogen-bond acceptors (Lipinski definition) is 6. The number of aromatic carboxylic acids is 1. The topological polar surface area (TPSA) is 96.0 Å². The fourth-order valence-electron chi connectivity index (χ4n) is 4.92. The Bertz CT molecular complexity index is 1400. The van der Waals surface area contributed by atoms with Gasteiger partial charge in [0.05, 0.1) is 31.4 Å². The summed E-state index contributed by atoms with van der Waals surface area (Å²) >= 11 is 0. The molecular weight excluding hydrogens is 472 g/mol. The molecule has 0 aliphatic heterocycles. The Hall–Kier alpha value is -3.62. The minimum absolute atomic E-state index is 0.0234. The molecule has 0 bridgehead atoms. The standard InChI is InChI=1S/C29H32N2O6/c1-18-6-4-7-21(12-18)28-30-25(19(2)37-28)16-35-23-8-5-9-24(14-23)36-17-31-26-15-22(34-3)11-10-20(26)13-27(31)29(32)33/h4,6-7,10-13,15,23-24H,5,8-9,14,16-17H2,1-3H3,(H,32,33)/t23-,24+/m0/s1. The zero-order valence-electron chi connectivity index (χ0n) is 21.4. The van der Waals surface area contributed by atoms with E-state index in [2.05, 4.69) is 11.1 Å². The number of ether oxygens (including phenoxy) is 3. The zero-order chi connectivity index (χ0) is 25.9. The van der Waals surface area contributed by atoms with Gasteiger partial charge in [-0.15, -0.1) is 0 Å². The van der Waals surface area contributed by atoms with Gasteiger partial charge in [0.15, 0.2) is 0 Å². The van der Waals surface area contributed by atoms with E-state index < -0.39 is 5.97 Å². The molecule has 1 saturated carbocycles. The summed E-state index contributed by atoms with van der Waals surface area (Å²) in [4.78, 5) is 16.5. The quantitative estimate of drug-likeness (QED) is 0.293. The SMILES string of the molecule is COc1ccc2cc(C(=O)O)n(CO[C@@H]3CCC[C@H](OCc4nc(-c5cccc(C)c5)oc4C)C3)c2c1. The Labute approximate surface area is 215 Å². The molecular formula is C29H32N2O6. The van der Waals surface area contributed by atoms with Crippen molar-refractivity contribution < 1.29 is 28.5 Å². The van der Waals surface area contributed by atoms with Crippen LogP contribution in [-0.2, 0) is 22.8 Å². The average molecular weight is 505 g/mol. The largest absolute Gasteiger partial charge is 0.497 e. The fourth-order valence-corrected chi connectivity index (χ4v) is 4.92. The van der Waals surface area contributed by atoms with Gasteiger partial charge < -0.3 is 28.3 Å². The van der Waals surface area contributed by atoms with Crippen LogP contribution in [0.15, 0.2) is 52.9 Å². The van der Waals surface area contributed by atoms with Crippen molar-refractivity contribution in [3.05, 3.63) is 71.2 Å². The first-order chi connectivity index (χ1) is 17.9. The van der Waals surface area contributed by atoms with E-state index in [0.717, 1.165) is 59.2 Å². The molecule has 37 heavy (non-hydrogen) atoms. The highest BCUT2D eigenvalue weighted by Crippen LogP contribution is 2.29. The Balaban J connectivity index is 1.22. The first kappa shape index (κ1) is 25.0. The number of methoxy groups -OCH3 is 1. The molecule has 8 heteroatoms. The van der Waals surface area contributed by atoms with Gasteiger partial charge in [-0.2, -0.15) is 0 Å². The lowest BCUT2D eigenvalue weighted by Gasteiger charge is -2.29. The Morgan fingerprint density at radius 2 is 1.92 bits per heavy atom. The number of carbonyl (C=O) groups is 1. The number of oxazole rings is 1. The van der Waals surface area contributed by atoms with Crippen LogP contribution < -0.4 is 4.74 Å². The van der Waals surface area contributed by atoms with E-state index in [0.29, 0.717) is 18.2 Å². The van der Waals surface area contributed by atoms with Gasteiger partial charge >= 0.3 is 5.97 Å². The summed E-state index contributed by atoms with van der Waals surface area (Å²) in [6.07, 6.45) is 3.60. The lowest BCUT2D eigenvalue weighted by Crippen LogP contribution is -2.29. The highest BCUT2D eigenvalue weighted by atomic mass is 16.5. The molecule has 194 valence electrons. The summed E-state index contributed by atoms with van der Waals surface area (Å²) < 4.78 is 25.4. The lowest BCUT2D eigenvalue weighted by atomic mass is 9.95. The molecule has 0 unspecified atom stereocenters. The molecule has 1 fully saturated rings. The van der Waals surface area contributed by atoms with Gasteiger partial charge in [-0.05, 0) is 69.9 Å². The number of aryl methyl sites for hydroxylation is 2. The maximum absolute atomic E-state index is 11.9. The Morgan fingerprint density at radius 3 is 2.68 bits per heavy atom. The second-order valence-corrected chi connectivity index (χ2v) is 9.60. The number of nitrogens with zero attached hydrogens (tertiary/aromatic N) is 2. The number of aromatic nitrogens is 2. The van der Waals surface area contributed by atoms with Gasteiger partial charge in [-0.1, -0.05) is 17.7 Å². The molecule has 8 nitrogen and oxygen atoms in total. The summed E-state index contributed by atoms with van der Waals surface area (Å²) in [6.45, 7) is 4.48. The monoisotopic (exact) mass is 504 g/mol. The van der Waals surface area contributed by atoms with Crippen LogP contribution in [0.5, 0.6) is 5.75 Å². The fraction of sp³-hybridized carbons (Fsp3) is 0.379. The van der Waals surface area contributed by atoms with E-state index >= 15 is 0 Å². The number of rotatable bonds is 9. The first-order valence-corrected chi connectivity index (χ1v) is 12.6. The Morgan fingerprint density at radius 1 is 1.11 bits per heavy atom. The third kappa shape index (κ3) is 5.55. The molecule has 2 atom stereocenters. The van der Waals surface area contributed by atoms with Crippen LogP contribution in [0.4, 0.5) is 0 Å². The van der Waals surface area contributed by atoms with Crippen molar-refractivity contribution in [2.24, 2.45) is 0 Å². The Kier molecular flexibility index (Phi) is 7.30. The molecule has 1 N–H and O–H groups in total. The molecule has 4 aromatic rings. The minimum Gasteiger partial charge on any atom is -0.497 e. The van der Waals surface area contributed by atoms with Gasteiger partial charge in [0.1, 0.15) is 29.6 Å². The molecule has 0 saturated heterocycles. The predicted molar refractivity (Wildman–Crippen MR) is 139 cm³/mol. The third-order valence-electron chi connectivity index (χ3n) is 6.96. The van der Waals surface area contributed by atoms with Crippen molar-refractivity contribution in [1.82, 2.24) is 9.55 Å². The van der Waals surface area contributed by atoms with E-state index in [-0.39, 0.29) is 24.6 Å². The van der Waals surface area contributed by atoms with Crippen LogP contribution in [0, 0.1) is 13.8 Å². The third-order valence-corrected chi connectivity index (χ3v) is 6.96. The maximum Gasteiger partial charge on any atom is 0.352 e. The average Bonchev–Trinajstić information content (AvgIpc) is 3.46. The van der Waals surface area contributed by atoms with Crippen LogP contribution in [-0.4, -0.2) is 39.9 Å². The minimum atomic E-state index is -0.989. The van der Waals surface area contributed by atoms with Gasteiger partial charge in [0, 0.05) is 17.0 Å². The summed E-state index contributed by atoms with van der Waals surface area (Å²) in [5, 5.41) is 10.6. The molecule has 0 radical (unpaired) electrons. The summed E-state index contributed by atoms with van der Waals surface area (Å²) in [5.74, 6) is 1.05. The molecule has 2 aromatic heterocycles. The number of carboxylic acid groups (broad SMARTS) is 1. The van der Waals surface area contributed by atoms with Crippen LogP contribution in [0.1, 0.15) is 53.2 Å². The van der Waals surface area contributed by atoms with Gasteiger partial charge in [0.25, 0.3) is 0 Å². The van der Waals surface area contributed by atoms with Gasteiger partial charge in [0.2, 0.25) is 5.89 Å². The van der Waals surface area contributed by atoms with Crippen molar-refractivity contribution in [1.29, 1.82) is 0 Å². The van der Waals surface area contributed by atoms with Crippen LogP contribution >= 0.6 is 0 Å². The van der Waals surface area contributed by atoms with E-state index in [4.69, 9.17) is 18.6 Å². The van der Waals surface area contributed by atoms with Crippen LogP contribution in [0.3, 0.4) is 0 Å². The van der Waals surface area contributed by atoms with Gasteiger partial charge in [-0.3, -0.25) is 0 Å². The number of carboxylic acids is 1. The van der Waals surface area contributed by atoms with Crippen LogP contribution in [0.2, 0.25) is 0 Å². The van der Waals surface area contributed by atoms with E-state index in [1.807, 2.05) is 50.2 Å². The summed E-state index contributed by atoms with van der Waals surface area (Å²) in [5.41, 5.74) is 3.88. The molecule has 2 heterocycles. The maximum atomic E-state index is 11.9. The molecule has 2 aromatic carbocycles. The van der Waals surface area contributed by atoms with E-state index in [9.17, 15) is 9.90 Å². The summed E-state index contributed by atoms with van der Waals surface area (Å²) in [6, 6.07) is 15.3. The van der Waals surface area contributed by atoms with Gasteiger partial charge in [-0.25, -0.2) is 9.78 Å². The van der Waals surface area contributed by atoms with Crippen molar-refractivity contribution in [2.75, 3.05) is 7.11 Å². The molecule has 0 spiro atoms. The number of fused-ring (bicyclic) bond motifs is 1. The zero-order valence-corrected chi connectivity index (χ0v) is 21.4. The van der Waals surface area contributed by atoms with Crippen molar-refractivity contribution >= 4 is 16.9 Å². The summed E-state index contributed by atoms with van der Waals surface area (Å²) in [7, 11) is 1.59. The predicted octanol–water partition coefficient (Wildman–Crippen LogP) is 6.12. The van der Waals surface area contributed by atoms with Crippen LogP contribution in [0.25, 0.3) is 22.4 Å². The highest BCUT2D eigenvalue weighted by Gasteiger charge is 2.25. The molecule has 1 aliphatic carbocycles. The highest BCUT2D eigenvalue weighted by molar-refractivity contribution is 5.95. The van der Waals surface area contributed by atoms with Crippen molar-refractivity contribution in [3.8, 4) is 17.2 Å². The second-order valence-electron chi connectivity index (χ2n) is 9.60. The second kappa shape index (κ2) is 10.8. The first-order valence-electron chi connectivity index (χ1n) is 12.6. The van der Waals surface area contributed by atoms with E-state index in [1.54, 1.807) is 17.7 Å². The smallest absolute Gasteiger partial charge is 0.352 e.